The highest BCUT2D eigenvalue weighted by atomic mass is 31.2. The summed E-state index contributed by atoms with van der Waals surface area (Å²) in [5.41, 5.74) is 2.42. The van der Waals surface area contributed by atoms with Crippen molar-refractivity contribution in [1.29, 1.82) is 0 Å². The summed E-state index contributed by atoms with van der Waals surface area (Å²) in [5, 5.41) is 9.84. The lowest BCUT2D eigenvalue weighted by Crippen LogP contribution is -2.16. The molecule has 0 fully saturated rings. The van der Waals surface area contributed by atoms with E-state index in [1.165, 1.54) is 5.56 Å². The monoisotopic (exact) mass is 288 g/mol. The third-order valence-electron chi connectivity index (χ3n) is 2.67. The van der Waals surface area contributed by atoms with Crippen molar-refractivity contribution < 1.29 is 19.8 Å². The summed E-state index contributed by atoms with van der Waals surface area (Å²) < 4.78 is 0. The highest BCUT2D eigenvalue weighted by Crippen LogP contribution is 2.34. The largest absolute Gasteiger partial charge is 0.508 e. The fourth-order valence-electron chi connectivity index (χ4n) is 1.60. The molecule has 0 aromatic heterocycles. The van der Waals surface area contributed by atoms with Crippen LogP contribution in [-0.2, 0) is 10.8 Å². The Morgan fingerprint density at radius 2 is 1.26 bits per heavy atom. The molecule has 0 aliphatic rings. The van der Waals surface area contributed by atoms with Gasteiger partial charge in [-0.25, -0.2) is 0 Å². The molecule has 0 radical (unpaired) electrons. The summed E-state index contributed by atoms with van der Waals surface area (Å²) in [7, 11) is -2.62. The number of rotatable bonds is 0. The summed E-state index contributed by atoms with van der Waals surface area (Å²) >= 11 is 0. The van der Waals surface area contributed by atoms with E-state index in [9.17, 15) is 5.11 Å². The van der Waals surface area contributed by atoms with E-state index >= 15 is 0 Å². The summed E-state index contributed by atoms with van der Waals surface area (Å²) in [6.07, 6.45) is 0. The number of aromatic hydroxyl groups is 1. The highest BCUT2D eigenvalue weighted by Gasteiger charge is 2.21. The lowest BCUT2D eigenvalue weighted by Gasteiger charge is -2.25. The van der Waals surface area contributed by atoms with Crippen molar-refractivity contribution >= 4 is 8.60 Å². The summed E-state index contributed by atoms with van der Waals surface area (Å²) in [6, 6.07) is 5.93. The van der Waals surface area contributed by atoms with E-state index in [1.54, 1.807) is 6.07 Å². The Hall–Kier alpha value is -0.670. The standard InChI is InChI=1S/C14H22O.H3O3P/c1-13(2,3)10-7-8-12(15)11(9-10)14(4,5)6;1-4(2)3/h7-9,15H,1-6H3;1-3H. The first-order chi connectivity index (χ1) is 8.35. The van der Waals surface area contributed by atoms with Crippen molar-refractivity contribution in [2.24, 2.45) is 0 Å². The van der Waals surface area contributed by atoms with Gasteiger partial charge >= 0.3 is 8.60 Å². The molecule has 0 bridgehead atoms. The van der Waals surface area contributed by atoms with Crippen LogP contribution in [0, 0.1) is 0 Å². The molecule has 0 unspecified atom stereocenters. The lowest BCUT2D eigenvalue weighted by molar-refractivity contribution is 0.368. The topological polar surface area (TPSA) is 80.9 Å². The zero-order chi connectivity index (χ0) is 15.4. The van der Waals surface area contributed by atoms with Crippen molar-refractivity contribution in [3.63, 3.8) is 0 Å². The average Bonchev–Trinajstić information content (AvgIpc) is 2.13. The smallest absolute Gasteiger partial charge is 0.324 e. The zero-order valence-corrected chi connectivity index (χ0v) is 13.4. The second kappa shape index (κ2) is 6.67. The van der Waals surface area contributed by atoms with Gasteiger partial charge in [-0.2, -0.15) is 0 Å². The lowest BCUT2D eigenvalue weighted by atomic mass is 9.80. The van der Waals surface area contributed by atoms with Gasteiger partial charge in [0.1, 0.15) is 5.75 Å². The SMILES string of the molecule is CC(C)(C)c1ccc(O)c(C(C)(C)C)c1.OP(O)O. The van der Waals surface area contributed by atoms with Gasteiger partial charge in [0.05, 0.1) is 0 Å². The van der Waals surface area contributed by atoms with Gasteiger partial charge in [-0.05, 0) is 28.0 Å². The maximum atomic E-state index is 9.84. The molecule has 1 aromatic rings. The van der Waals surface area contributed by atoms with Crippen molar-refractivity contribution in [3.8, 4) is 5.75 Å². The first kappa shape index (κ1) is 18.3. The van der Waals surface area contributed by atoms with Crippen LogP contribution in [0.2, 0.25) is 0 Å². The second-order valence-electron chi connectivity index (χ2n) is 6.50. The predicted octanol–water partition coefficient (Wildman–Crippen LogP) is 3.18. The molecule has 0 spiro atoms. The molecule has 0 heterocycles. The molecule has 0 amide bonds. The van der Waals surface area contributed by atoms with Crippen molar-refractivity contribution in [2.45, 2.75) is 52.4 Å². The molecular weight excluding hydrogens is 263 g/mol. The van der Waals surface area contributed by atoms with E-state index in [2.05, 4.69) is 47.6 Å². The van der Waals surface area contributed by atoms with Crippen LogP contribution in [0.3, 0.4) is 0 Å². The molecule has 5 heteroatoms. The van der Waals surface area contributed by atoms with Gasteiger partial charge in [-0.1, -0.05) is 53.7 Å². The minimum atomic E-state index is -2.62. The quantitative estimate of drug-likeness (QED) is 0.553. The molecule has 1 aromatic carbocycles. The first-order valence-corrected chi connectivity index (χ1v) is 7.26. The van der Waals surface area contributed by atoms with Gasteiger partial charge in [0.15, 0.2) is 0 Å². The molecular formula is C14H25O4P. The fraction of sp³-hybridized carbons (Fsp3) is 0.571. The molecule has 4 N–H and O–H groups in total. The van der Waals surface area contributed by atoms with E-state index in [0.29, 0.717) is 5.75 Å². The first-order valence-electron chi connectivity index (χ1n) is 6.06. The Bertz CT molecular complexity index is 400. The number of phenols is 1. The number of hydrogen-bond donors (Lipinski definition) is 4. The minimum absolute atomic E-state index is 0.00859. The molecule has 110 valence electrons. The fourth-order valence-corrected chi connectivity index (χ4v) is 1.60. The average molecular weight is 288 g/mol. The van der Waals surface area contributed by atoms with Crippen molar-refractivity contribution in [1.82, 2.24) is 0 Å². The molecule has 4 nitrogen and oxygen atoms in total. The second-order valence-corrected chi connectivity index (χ2v) is 7.04. The highest BCUT2D eigenvalue weighted by molar-refractivity contribution is 7.38. The molecule has 0 aliphatic carbocycles. The molecule has 1 rings (SSSR count). The Kier molecular flexibility index (Phi) is 6.43. The predicted molar refractivity (Wildman–Crippen MR) is 79.1 cm³/mol. The summed E-state index contributed by atoms with van der Waals surface area (Å²) in [6.45, 7) is 12.9. The van der Waals surface area contributed by atoms with Gasteiger partial charge in [0, 0.05) is 0 Å². The van der Waals surface area contributed by atoms with E-state index in [4.69, 9.17) is 14.7 Å². The van der Waals surface area contributed by atoms with Crippen LogP contribution in [0.4, 0.5) is 0 Å². The van der Waals surface area contributed by atoms with Gasteiger partial charge in [-0.3, -0.25) is 0 Å². The van der Waals surface area contributed by atoms with Gasteiger partial charge < -0.3 is 19.8 Å². The molecule has 0 aliphatic heterocycles. The van der Waals surface area contributed by atoms with Crippen molar-refractivity contribution in [2.75, 3.05) is 0 Å². The Morgan fingerprint density at radius 1 is 0.842 bits per heavy atom. The Balaban J connectivity index is 0.000000711. The maximum absolute atomic E-state index is 9.84. The van der Waals surface area contributed by atoms with E-state index in [1.807, 2.05) is 6.07 Å². The van der Waals surface area contributed by atoms with Crippen molar-refractivity contribution in [3.05, 3.63) is 29.3 Å². The van der Waals surface area contributed by atoms with Gasteiger partial charge in [-0.15, -0.1) is 0 Å². The van der Waals surface area contributed by atoms with Crippen LogP contribution in [0.15, 0.2) is 18.2 Å². The molecule has 0 atom stereocenters. The maximum Gasteiger partial charge on any atom is 0.324 e. The number of benzene rings is 1. The Morgan fingerprint density at radius 3 is 1.58 bits per heavy atom. The van der Waals surface area contributed by atoms with Crippen LogP contribution in [-0.4, -0.2) is 19.8 Å². The molecule has 19 heavy (non-hydrogen) atoms. The van der Waals surface area contributed by atoms with Crippen LogP contribution in [0.5, 0.6) is 5.75 Å². The Labute approximate surface area is 116 Å². The number of phenolic OH excluding ortho intramolecular Hbond substituents is 1. The van der Waals surface area contributed by atoms with E-state index in [0.717, 1.165) is 5.56 Å². The third-order valence-corrected chi connectivity index (χ3v) is 2.67. The zero-order valence-electron chi connectivity index (χ0n) is 12.5. The van der Waals surface area contributed by atoms with Crippen LogP contribution in [0.25, 0.3) is 0 Å². The minimum Gasteiger partial charge on any atom is -0.508 e. The molecule has 0 saturated carbocycles. The van der Waals surface area contributed by atoms with Crippen LogP contribution < -0.4 is 0 Å². The van der Waals surface area contributed by atoms with Crippen LogP contribution >= 0.6 is 8.60 Å². The summed E-state index contributed by atoms with van der Waals surface area (Å²) in [5.74, 6) is 0.399. The number of hydrogen-bond acceptors (Lipinski definition) is 4. The van der Waals surface area contributed by atoms with Gasteiger partial charge in [0.2, 0.25) is 0 Å². The van der Waals surface area contributed by atoms with E-state index < -0.39 is 8.60 Å². The normalized spacial score (nSPS) is 12.1. The summed E-state index contributed by atoms with van der Waals surface area (Å²) in [4.78, 5) is 21.7. The van der Waals surface area contributed by atoms with E-state index in [-0.39, 0.29) is 10.8 Å². The third kappa shape index (κ3) is 6.88. The molecule has 0 saturated heterocycles. The van der Waals surface area contributed by atoms with Gasteiger partial charge in [0.25, 0.3) is 0 Å². The van der Waals surface area contributed by atoms with Crippen LogP contribution in [0.1, 0.15) is 52.7 Å².